The molecule has 0 heterocycles. The van der Waals surface area contributed by atoms with Crippen LogP contribution in [0.15, 0.2) is 53.5 Å². The third-order valence-corrected chi connectivity index (χ3v) is 4.08. The third kappa shape index (κ3) is 7.67. The third-order valence-electron chi connectivity index (χ3n) is 4.08. The van der Waals surface area contributed by atoms with Crippen molar-refractivity contribution in [3.05, 3.63) is 70.8 Å². The molecule has 0 radical (unpaired) electrons. The van der Waals surface area contributed by atoms with Gasteiger partial charge in [0.05, 0.1) is 12.2 Å². The van der Waals surface area contributed by atoms with Gasteiger partial charge in [0, 0.05) is 27.2 Å². The molecule has 0 saturated carbocycles. The van der Waals surface area contributed by atoms with E-state index in [4.69, 9.17) is 4.74 Å². The summed E-state index contributed by atoms with van der Waals surface area (Å²) >= 11 is 0. The van der Waals surface area contributed by atoms with E-state index in [0.717, 1.165) is 28.8 Å². The fraction of sp³-hybridized carbons (Fsp3) is 0.350. The molecule has 0 aliphatic heterocycles. The molecule has 0 aliphatic carbocycles. The van der Waals surface area contributed by atoms with Crippen LogP contribution in [0.3, 0.4) is 0 Å². The summed E-state index contributed by atoms with van der Waals surface area (Å²) in [6.45, 7) is 1.70. The first kappa shape index (κ1) is 24.2. The van der Waals surface area contributed by atoms with Gasteiger partial charge in [-0.25, -0.2) is 0 Å². The SMILES string of the molecule is CN=C(NCCc1ccc(C(F)(F)F)cc1)NCc1ccccc1COC.I. The van der Waals surface area contributed by atoms with Crippen LogP contribution in [-0.4, -0.2) is 26.7 Å². The molecule has 0 spiro atoms. The maximum atomic E-state index is 12.6. The summed E-state index contributed by atoms with van der Waals surface area (Å²) in [7, 11) is 3.33. The van der Waals surface area contributed by atoms with Crippen LogP contribution in [0, 0.1) is 0 Å². The molecule has 0 aliphatic rings. The van der Waals surface area contributed by atoms with E-state index in [-0.39, 0.29) is 24.0 Å². The van der Waals surface area contributed by atoms with E-state index in [1.807, 2.05) is 24.3 Å². The molecule has 2 rings (SSSR count). The number of rotatable bonds is 7. The Morgan fingerprint density at radius 2 is 1.64 bits per heavy atom. The average Bonchev–Trinajstić information content (AvgIpc) is 2.65. The van der Waals surface area contributed by atoms with Crippen molar-refractivity contribution in [2.75, 3.05) is 20.7 Å². The van der Waals surface area contributed by atoms with Gasteiger partial charge in [0.15, 0.2) is 5.96 Å². The Balaban J connectivity index is 0.00000392. The standard InChI is InChI=1S/C20H24F3N3O.HI/c1-24-19(26-13-16-5-3-4-6-17(16)14-27-2)25-12-11-15-7-9-18(10-8-15)20(21,22)23;/h3-10H,11-14H2,1-2H3,(H2,24,25,26);1H. The van der Waals surface area contributed by atoms with Crippen molar-refractivity contribution in [2.45, 2.75) is 25.7 Å². The van der Waals surface area contributed by atoms with Gasteiger partial charge in [0.2, 0.25) is 0 Å². The van der Waals surface area contributed by atoms with E-state index in [2.05, 4.69) is 15.6 Å². The maximum absolute atomic E-state index is 12.6. The second kappa shape index (κ2) is 11.9. The topological polar surface area (TPSA) is 45.7 Å². The number of halogens is 4. The normalized spacial score (nSPS) is 11.7. The summed E-state index contributed by atoms with van der Waals surface area (Å²) in [6, 6.07) is 13.2. The number of guanidine groups is 1. The molecule has 4 nitrogen and oxygen atoms in total. The number of hydrogen-bond acceptors (Lipinski definition) is 2. The molecule has 28 heavy (non-hydrogen) atoms. The van der Waals surface area contributed by atoms with Gasteiger partial charge in [-0.05, 0) is 35.2 Å². The van der Waals surface area contributed by atoms with Gasteiger partial charge in [-0.2, -0.15) is 13.2 Å². The number of hydrogen-bond donors (Lipinski definition) is 2. The molecule has 2 aromatic carbocycles. The summed E-state index contributed by atoms with van der Waals surface area (Å²) in [6.07, 6.45) is -3.71. The number of methoxy groups -OCH3 is 1. The van der Waals surface area contributed by atoms with Gasteiger partial charge in [-0.3, -0.25) is 4.99 Å². The van der Waals surface area contributed by atoms with E-state index < -0.39 is 11.7 Å². The maximum Gasteiger partial charge on any atom is 0.416 e. The van der Waals surface area contributed by atoms with E-state index in [0.29, 0.717) is 32.1 Å². The highest BCUT2D eigenvalue weighted by molar-refractivity contribution is 14.0. The summed E-state index contributed by atoms with van der Waals surface area (Å²) in [5.74, 6) is 0.633. The van der Waals surface area contributed by atoms with Crippen molar-refractivity contribution < 1.29 is 17.9 Å². The first-order chi connectivity index (χ1) is 12.9. The summed E-state index contributed by atoms with van der Waals surface area (Å²) in [5.41, 5.74) is 2.42. The Bertz CT molecular complexity index is 749. The Hall–Kier alpha value is -1.81. The van der Waals surface area contributed by atoms with Crippen molar-refractivity contribution in [3.8, 4) is 0 Å². The average molecular weight is 507 g/mol. The zero-order chi connectivity index (χ0) is 19.7. The minimum Gasteiger partial charge on any atom is -0.380 e. The molecular weight excluding hydrogens is 482 g/mol. The van der Waals surface area contributed by atoms with Gasteiger partial charge in [0.25, 0.3) is 0 Å². The molecule has 0 saturated heterocycles. The summed E-state index contributed by atoms with van der Waals surface area (Å²) in [5, 5.41) is 6.40. The second-order valence-electron chi connectivity index (χ2n) is 6.00. The lowest BCUT2D eigenvalue weighted by Gasteiger charge is -2.14. The molecular formula is C20H25F3IN3O. The van der Waals surface area contributed by atoms with Crippen molar-refractivity contribution in [2.24, 2.45) is 4.99 Å². The van der Waals surface area contributed by atoms with Gasteiger partial charge < -0.3 is 15.4 Å². The quantitative estimate of drug-likeness (QED) is 0.333. The second-order valence-corrected chi connectivity index (χ2v) is 6.00. The highest BCUT2D eigenvalue weighted by Gasteiger charge is 2.29. The first-order valence-electron chi connectivity index (χ1n) is 8.60. The fourth-order valence-electron chi connectivity index (χ4n) is 2.61. The van der Waals surface area contributed by atoms with Crippen molar-refractivity contribution in [1.29, 1.82) is 0 Å². The van der Waals surface area contributed by atoms with Crippen LogP contribution in [0.5, 0.6) is 0 Å². The van der Waals surface area contributed by atoms with Gasteiger partial charge in [-0.15, -0.1) is 24.0 Å². The lowest BCUT2D eigenvalue weighted by Crippen LogP contribution is -2.38. The van der Waals surface area contributed by atoms with Gasteiger partial charge in [-0.1, -0.05) is 36.4 Å². The molecule has 0 fully saturated rings. The molecule has 154 valence electrons. The number of nitrogens with zero attached hydrogens (tertiary/aromatic N) is 1. The molecule has 0 atom stereocenters. The predicted octanol–water partition coefficient (Wildman–Crippen LogP) is 4.38. The lowest BCUT2D eigenvalue weighted by molar-refractivity contribution is -0.137. The Labute approximate surface area is 180 Å². The molecule has 0 amide bonds. The van der Waals surface area contributed by atoms with Crippen molar-refractivity contribution in [1.82, 2.24) is 10.6 Å². The minimum atomic E-state index is -4.30. The molecule has 0 aromatic heterocycles. The van der Waals surface area contributed by atoms with Crippen LogP contribution < -0.4 is 10.6 Å². The van der Waals surface area contributed by atoms with E-state index in [1.54, 1.807) is 14.2 Å². The lowest BCUT2D eigenvalue weighted by atomic mass is 10.1. The number of nitrogens with one attached hydrogen (secondary N) is 2. The van der Waals surface area contributed by atoms with E-state index in [9.17, 15) is 13.2 Å². The van der Waals surface area contributed by atoms with Gasteiger partial charge >= 0.3 is 6.18 Å². The molecule has 8 heteroatoms. The van der Waals surface area contributed by atoms with Crippen molar-refractivity contribution in [3.63, 3.8) is 0 Å². The highest BCUT2D eigenvalue weighted by Crippen LogP contribution is 2.29. The fourth-order valence-corrected chi connectivity index (χ4v) is 2.61. The molecule has 2 aromatic rings. The number of ether oxygens (including phenoxy) is 1. The highest BCUT2D eigenvalue weighted by atomic mass is 127. The smallest absolute Gasteiger partial charge is 0.380 e. The summed E-state index contributed by atoms with van der Waals surface area (Å²) < 4.78 is 42.9. The van der Waals surface area contributed by atoms with Crippen LogP contribution >= 0.6 is 24.0 Å². The molecule has 2 N–H and O–H groups in total. The minimum absolute atomic E-state index is 0. The summed E-state index contributed by atoms with van der Waals surface area (Å²) in [4.78, 5) is 4.17. The van der Waals surface area contributed by atoms with Crippen LogP contribution in [0.2, 0.25) is 0 Å². The van der Waals surface area contributed by atoms with Crippen LogP contribution in [0.25, 0.3) is 0 Å². The van der Waals surface area contributed by atoms with E-state index >= 15 is 0 Å². The van der Waals surface area contributed by atoms with E-state index in [1.165, 1.54) is 12.1 Å². The van der Waals surface area contributed by atoms with Crippen LogP contribution in [0.4, 0.5) is 13.2 Å². The monoisotopic (exact) mass is 507 g/mol. The number of aliphatic imine (C=N–C) groups is 1. The Kier molecular flexibility index (Phi) is 10.3. The predicted molar refractivity (Wildman–Crippen MR) is 116 cm³/mol. The zero-order valence-electron chi connectivity index (χ0n) is 15.8. The van der Waals surface area contributed by atoms with Crippen LogP contribution in [-0.2, 0) is 30.5 Å². The Morgan fingerprint density at radius 1 is 1.00 bits per heavy atom. The Morgan fingerprint density at radius 3 is 2.21 bits per heavy atom. The van der Waals surface area contributed by atoms with Crippen LogP contribution in [0.1, 0.15) is 22.3 Å². The zero-order valence-corrected chi connectivity index (χ0v) is 18.2. The first-order valence-corrected chi connectivity index (χ1v) is 8.60. The number of alkyl halides is 3. The molecule has 0 unspecified atom stereocenters. The number of benzene rings is 2. The molecule has 0 bridgehead atoms. The largest absolute Gasteiger partial charge is 0.416 e. The van der Waals surface area contributed by atoms with Crippen molar-refractivity contribution >= 4 is 29.9 Å². The van der Waals surface area contributed by atoms with Gasteiger partial charge in [0.1, 0.15) is 0 Å².